The lowest BCUT2D eigenvalue weighted by Crippen LogP contribution is -2.27. The number of pyridine rings is 1. The quantitative estimate of drug-likeness (QED) is 0.373. The highest BCUT2D eigenvalue weighted by atomic mass is 16.1. The normalized spacial score (nSPS) is 11.5. The number of hydrogen-bond acceptors (Lipinski definition) is 2. The number of rotatable bonds is 5. The fourth-order valence-corrected chi connectivity index (χ4v) is 3.86. The molecule has 5 aromatic rings. The zero-order chi connectivity index (χ0) is 21.0. The number of nitrogens with one attached hydrogen (secondary N) is 2. The highest BCUT2D eigenvalue weighted by Crippen LogP contribution is 2.25. The molecule has 2 aromatic heterocycles. The number of hydrogen-bond donors (Lipinski definition) is 2. The van der Waals surface area contributed by atoms with E-state index < -0.39 is 0 Å². The van der Waals surface area contributed by atoms with Gasteiger partial charge in [-0.25, -0.2) is 0 Å². The highest BCUT2D eigenvalue weighted by Gasteiger charge is 2.15. The molecule has 0 aliphatic carbocycles. The smallest absolute Gasteiger partial charge is 0.244 e. The van der Waals surface area contributed by atoms with Gasteiger partial charge in [0.1, 0.15) is 0 Å². The average Bonchev–Trinajstić information content (AvgIpc) is 3.20. The lowest BCUT2D eigenvalue weighted by atomic mass is 9.99. The molecule has 0 bridgehead atoms. The van der Waals surface area contributed by atoms with Gasteiger partial charge in [-0.15, -0.1) is 0 Å². The molecule has 31 heavy (non-hydrogen) atoms. The molecule has 0 radical (unpaired) electrons. The molecule has 3 aromatic carbocycles. The van der Waals surface area contributed by atoms with Crippen LogP contribution in [-0.4, -0.2) is 15.9 Å². The van der Waals surface area contributed by atoms with Crippen molar-refractivity contribution in [2.24, 2.45) is 0 Å². The third kappa shape index (κ3) is 3.96. The molecule has 0 spiro atoms. The van der Waals surface area contributed by atoms with E-state index in [-0.39, 0.29) is 11.9 Å². The molecule has 5 rings (SSSR count). The van der Waals surface area contributed by atoms with Crippen LogP contribution in [0.25, 0.3) is 27.9 Å². The van der Waals surface area contributed by atoms with Crippen LogP contribution in [0.1, 0.15) is 22.9 Å². The van der Waals surface area contributed by atoms with E-state index in [9.17, 15) is 4.79 Å². The predicted molar refractivity (Wildman–Crippen MR) is 126 cm³/mol. The lowest BCUT2D eigenvalue weighted by Gasteiger charge is -2.19. The molecule has 0 saturated carbocycles. The summed E-state index contributed by atoms with van der Waals surface area (Å²) in [6.45, 7) is 0. The Morgan fingerprint density at radius 2 is 1.45 bits per heavy atom. The maximum Gasteiger partial charge on any atom is 0.244 e. The minimum absolute atomic E-state index is 0.168. The van der Waals surface area contributed by atoms with Crippen molar-refractivity contribution in [3.63, 3.8) is 0 Å². The molecule has 2 heterocycles. The van der Waals surface area contributed by atoms with Crippen molar-refractivity contribution >= 4 is 33.8 Å². The minimum atomic E-state index is -0.219. The Bertz CT molecular complexity index is 1330. The Labute approximate surface area is 180 Å². The van der Waals surface area contributed by atoms with Gasteiger partial charge in [0.05, 0.1) is 23.4 Å². The van der Waals surface area contributed by atoms with E-state index in [2.05, 4.69) is 21.4 Å². The van der Waals surface area contributed by atoms with Crippen LogP contribution in [0.2, 0.25) is 0 Å². The fraction of sp³-hybridized carbons (Fsp3) is 0.0370. The maximum atomic E-state index is 12.8. The average molecular weight is 403 g/mol. The van der Waals surface area contributed by atoms with Gasteiger partial charge in [-0.05, 0) is 29.3 Å². The molecule has 2 N–H and O–H groups in total. The Morgan fingerprint density at radius 3 is 2.16 bits per heavy atom. The van der Waals surface area contributed by atoms with Crippen molar-refractivity contribution in [3.8, 4) is 0 Å². The molecule has 0 unspecified atom stereocenters. The van der Waals surface area contributed by atoms with Gasteiger partial charge in [0.15, 0.2) is 0 Å². The van der Waals surface area contributed by atoms with Crippen LogP contribution in [0.5, 0.6) is 0 Å². The highest BCUT2D eigenvalue weighted by molar-refractivity contribution is 6.07. The minimum Gasteiger partial charge on any atom is -0.353 e. The topological polar surface area (TPSA) is 57.8 Å². The molecular weight excluding hydrogens is 382 g/mol. The van der Waals surface area contributed by atoms with Crippen molar-refractivity contribution in [2.75, 3.05) is 0 Å². The molecule has 0 aliphatic rings. The van der Waals surface area contributed by atoms with Gasteiger partial charge in [-0.1, -0.05) is 78.9 Å². The number of carbonyl (C=O) groups is 1. The maximum absolute atomic E-state index is 12.8. The molecule has 0 atom stereocenters. The molecule has 1 amide bonds. The first-order valence-corrected chi connectivity index (χ1v) is 10.2. The summed E-state index contributed by atoms with van der Waals surface area (Å²) in [6.07, 6.45) is 5.11. The third-order valence-electron chi connectivity index (χ3n) is 5.37. The fourth-order valence-electron chi connectivity index (χ4n) is 3.86. The summed E-state index contributed by atoms with van der Waals surface area (Å²) in [5.41, 5.74) is 4.87. The molecule has 4 nitrogen and oxygen atoms in total. The Kier molecular flexibility index (Phi) is 5.03. The van der Waals surface area contributed by atoms with Crippen LogP contribution < -0.4 is 5.32 Å². The monoisotopic (exact) mass is 403 g/mol. The first-order chi connectivity index (χ1) is 15.3. The standard InChI is InChI=1S/C27H21N3O/c31-26(30-27(19-9-3-1-4-10-19)20-11-5-2-6-12-20)16-15-21-17-23-22-13-7-8-14-24(22)29-25(23)18-28-21/h1-18,27,29H,(H,30,31)/b16-15+. The third-order valence-corrected chi connectivity index (χ3v) is 5.37. The van der Waals surface area contributed by atoms with Crippen LogP contribution >= 0.6 is 0 Å². The number of benzene rings is 3. The Hall–Kier alpha value is -4.18. The molecule has 0 fully saturated rings. The molecule has 0 saturated heterocycles. The number of fused-ring (bicyclic) bond motifs is 3. The summed E-state index contributed by atoms with van der Waals surface area (Å²) in [6, 6.07) is 29.9. The van der Waals surface area contributed by atoms with Gasteiger partial charge >= 0.3 is 0 Å². The first-order valence-electron chi connectivity index (χ1n) is 10.2. The van der Waals surface area contributed by atoms with Gasteiger partial charge in [0.25, 0.3) is 0 Å². The summed E-state index contributed by atoms with van der Waals surface area (Å²) < 4.78 is 0. The van der Waals surface area contributed by atoms with Crippen LogP contribution in [-0.2, 0) is 4.79 Å². The van der Waals surface area contributed by atoms with Gasteiger partial charge in [0.2, 0.25) is 5.91 Å². The van der Waals surface area contributed by atoms with Crippen LogP contribution in [0.15, 0.2) is 103 Å². The second-order valence-electron chi connectivity index (χ2n) is 7.42. The van der Waals surface area contributed by atoms with E-state index in [1.165, 1.54) is 0 Å². The lowest BCUT2D eigenvalue weighted by molar-refractivity contribution is -0.116. The van der Waals surface area contributed by atoms with Gasteiger partial charge in [0, 0.05) is 22.4 Å². The number of carbonyl (C=O) groups excluding carboxylic acids is 1. The summed E-state index contributed by atoms with van der Waals surface area (Å²) >= 11 is 0. The van der Waals surface area contributed by atoms with Crippen LogP contribution in [0, 0.1) is 0 Å². The van der Waals surface area contributed by atoms with E-state index in [4.69, 9.17) is 0 Å². The van der Waals surface area contributed by atoms with E-state index in [0.29, 0.717) is 0 Å². The second-order valence-corrected chi connectivity index (χ2v) is 7.42. The predicted octanol–water partition coefficient (Wildman–Crippen LogP) is 5.64. The van der Waals surface area contributed by atoms with Crippen molar-refractivity contribution in [1.29, 1.82) is 0 Å². The number of para-hydroxylation sites is 1. The summed E-state index contributed by atoms with van der Waals surface area (Å²) in [5, 5.41) is 5.36. The van der Waals surface area contributed by atoms with Crippen LogP contribution in [0.3, 0.4) is 0 Å². The number of nitrogens with zero attached hydrogens (tertiary/aromatic N) is 1. The van der Waals surface area contributed by atoms with Crippen LogP contribution in [0.4, 0.5) is 0 Å². The molecule has 4 heteroatoms. The Balaban J connectivity index is 1.40. The number of amides is 1. The van der Waals surface area contributed by atoms with E-state index >= 15 is 0 Å². The van der Waals surface area contributed by atoms with E-state index in [1.807, 2.05) is 91.1 Å². The van der Waals surface area contributed by atoms with Gasteiger partial charge in [-0.3, -0.25) is 9.78 Å². The SMILES string of the molecule is O=C(/C=C/c1cc2c(cn1)[nH]c1ccccc12)NC(c1ccccc1)c1ccccc1. The molecule has 150 valence electrons. The zero-order valence-electron chi connectivity index (χ0n) is 16.8. The molecule has 0 aliphatic heterocycles. The van der Waals surface area contributed by atoms with Crippen molar-refractivity contribution in [2.45, 2.75) is 6.04 Å². The van der Waals surface area contributed by atoms with Crippen molar-refractivity contribution in [1.82, 2.24) is 15.3 Å². The largest absolute Gasteiger partial charge is 0.353 e. The second kappa shape index (κ2) is 8.28. The molecular formula is C27H21N3O. The summed E-state index contributed by atoms with van der Waals surface area (Å²) in [7, 11) is 0. The van der Waals surface area contributed by atoms with Crippen molar-refractivity contribution < 1.29 is 4.79 Å². The van der Waals surface area contributed by atoms with Gasteiger partial charge in [-0.2, -0.15) is 0 Å². The van der Waals surface area contributed by atoms with E-state index in [0.717, 1.165) is 38.6 Å². The first kappa shape index (κ1) is 18.8. The van der Waals surface area contributed by atoms with Gasteiger partial charge < -0.3 is 10.3 Å². The Morgan fingerprint density at radius 1 is 0.806 bits per heavy atom. The number of aromatic nitrogens is 2. The zero-order valence-corrected chi connectivity index (χ0v) is 16.8. The number of aromatic amines is 1. The number of H-pyrrole nitrogens is 1. The summed E-state index contributed by atoms with van der Waals surface area (Å²) in [4.78, 5) is 20.6. The van der Waals surface area contributed by atoms with E-state index in [1.54, 1.807) is 12.2 Å². The summed E-state index contributed by atoms with van der Waals surface area (Å²) in [5.74, 6) is -0.168. The van der Waals surface area contributed by atoms with Crippen molar-refractivity contribution in [3.05, 3.63) is 120 Å².